The van der Waals surface area contributed by atoms with Crippen LogP contribution in [0.25, 0.3) is 0 Å². The van der Waals surface area contributed by atoms with Crippen molar-refractivity contribution >= 4 is 17.4 Å². The van der Waals surface area contributed by atoms with Crippen LogP contribution in [-0.2, 0) is 0 Å². The highest BCUT2D eigenvalue weighted by molar-refractivity contribution is 6.17. The van der Waals surface area contributed by atoms with E-state index in [2.05, 4.69) is 29.4 Å². The van der Waals surface area contributed by atoms with E-state index in [1.807, 2.05) is 13.0 Å². The van der Waals surface area contributed by atoms with Gasteiger partial charge in [0.1, 0.15) is 5.82 Å². The molecule has 1 aromatic rings. The van der Waals surface area contributed by atoms with Gasteiger partial charge in [0.05, 0.1) is 6.20 Å². The third-order valence-electron chi connectivity index (χ3n) is 2.53. The SMILES string of the molecule is Cc1cnnc(NCC(C)(C)CCCCl)c1. The summed E-state index contributed by atoms with van der Waals surface area (Å²) in [6.07, 6.45) is 3.92. The van der Waals surface area contributed by atoms with Crippen molar-refractivity contribution in [1.29, 1.82) is 0 Å². The summed E-state index contributed by atoms with van der Waals surface area (Å²) in [6.45, 7) is 7.37. The number of anilines is 1. The van der Waals surface area contributed by atoms with Crippen LogP contribution in [0.5, 0.6) is 0 Å². The number of hydrogen-bond donors (Lipinski definition) is 1. The Kier molecular flexibility index (Phi) is 5.00. The topological polar surface area (TPSA) is 37.8 Å². The molecule has 0 radical (unpaired) electrons. The molecule has 16 heavy (non-hydrogen) atoms. The number of hydrogen-bond acceptors (Lipinski definition) is 3. The molecule has 0 saturated heterocycles. The third-order valence-corrected chi connectivity index (χ3v) is 2.79. The summed E-state index contributed by atoms with van der Waals surface area (Å²) in [5, 5.41) is 11.3. The molecule has 0 aliphatic heterocycles. The normalized spacial score (nSPS) is 11.5. The summed E-state index contributed by atoms with van der Waals surface area (Å²) in [5.74, 6) is 1.58. The fraction of sp³-hybridized carbons (Fsp3) is 0.667. The van der Waals surface area contributed by atoms with E-state index >= 15 is 0 Å². The zero-order valence-electron chi connectivity index (χ0n) is 10.3. The fourth-order valence-corrected chi connectivity index (χ4v) is 1.65. The molecule has 3 nitrogen and oxygen atoms in total. The van der Waals surface area contributed by atoms with E-state index in [-0.39, 0.29) is 5.41 Å². The van der Waals surface area contributed by atoms with Crippen molar-refractivity contribution in [3.8, 4) is 0 Å². The van der Waals surface area contributed by atoms with Crippen molar-refractivity contribution in [3.05, 3.63) is 17.8 Å². The van der Waals surface area contributed by atoms with Crippen LogP contribution in [-0.4, -0.2) is 22.6 Å². The Morgan fingerprint density at radius 3 is 2.81 bits per heavy atom. The summed E-state index contributed by atoms with van der Waals surface area (Å²) < 4.78 is 0. The monoisotopic (exact) mass is 241 g/mol. The molecule has 0 fully saturated rings. The second kappa shape index (κ2) is 6.04. The Hall–Kier alpha value is -0.830. The van der Waals surface area contributed by atoms with E-state index in [0.717, 1.165) is 36.6 Å². The van der Waals surface area contributed by atoms with Gasteiger partial charge in [0.25, 0.3) is 0 Å². The van der Waals surface area contributed by atoms with Crippen LogP contribution in [0.2, 0.25) is 0 Å². The van der Waals surface area contributed by atoms with Crippen LogP contribution in [0.1, 0.15) is 32.3 Å². The van der Waals surface area contributed by atoms with Gasteiger partial charge >= 0.3 is 0 Å². The second-order valence-electron chi connectivity index (χ2n) is 4.93. The molecule has 90 valence electrons. The van der Waals surface area contributed by atoms with Gasteiger partial charge in [0.2, 0.25) is 0 Å². The summed E-state index contributed by atoms with van der Waals surface area (Å²) in [7, 11) is 0. The average Bonchev–Trinajstić information content (AvgIpc) is 2.24. The molecule has 0 unspecified atom stereocenters. The zero-order chi connectivity index (χ0) is 12.0. The number of rotatable bonds is 6. The number of aromatic nitrogens is 2. The summed E-state index contributed by atoms with van der Waals surface area (Å²) in [4.78, 5) is 0. The van der Waals surface area contributed by atoms with Gasteiger partial charge in [-0.15, -0.1) is 16.7 Å². The molecule has 1 N–H and O–H groups in total. The molecule has 0 bridgehead atoms. The molecule has 1 aromatic heterocycles. The van der Waals surface area contributed by atoms with Crippen molar-refractivity contribution < 1.29 is 0 Å². The first-order chi connectivity index (χ1) is 7.53. The Morgan fingerprint density at radius 1 is 1.44 bits per heavy atom. The molecule has 0 spiro atoms. The van der Waals surface area contributed by atoms with Crippen LogP contribution < -0.4 is 5.32 Å². The Morgan fingerprint density at radius 2 is 2.19 bits per heavy atom. The van der Waals surface area contributed by atoms with Gasteiger partial charge in [-0.05, 0) is 36.8 Å². The lowest BCUT2D eigenvalue weighted by atomic mass is 9.88. The average molecular weight is 242 g/mol. The van der Waals surface area contributed by atoms with E-state index in [0.29, 0.717) is 0 Å². The molecule has 0 atom stereocenters. The minimum absolute atomic E-state index is 0.236. The molecule has 1 rings (SSSR count). The predicted octanol–water partition coefficient (Wildman–Crippen LogP) is 3.24. The van der Waals surface area contributed by atoms with E-state index in [1.54, 1.807) is 6.20 Å². The van der Waals surface area contributed by atoms with Gasteiger partial charge in [-0.2, -0.15) is 5.10 Å². The fourth-order valence-electron chi connectivity index (χ4n) is 1.51. The quantitative estimate of drug-likeness (QED) is 0.777. The molecule has 0 amide bonds. The van der Waals surface area contributed by atoms with Crippen LogP contribution in [0.3, 0.4) is 0 Å². The maximum atomic E-state index is 5.70. The minimum atomic E-state index is 0.236. The summed E-state index contributed by atoms with van der Waals surface area (Å²) >= 11 is 5.70. The number of nitrogens with one attached hydrogen (secondary N) is 1. The highest BCUT2D eigenvalue weighted by Crippen LogP contribution is 2.22. The maximum Gasteiger partial charge on any atom is 0.148 e. The molecule has 0 saturated carbocycles. The molecule has 1 heterocycles. The number of aryl methyl sites for hydroxylation is 1. The van der Waals surface area contributed by atoms with Gasteiger partial charge in [-0.3, -0.25) is 0 Å². The first-order valence-electron chi connectivity index (χ1n) is 5.63. The summed E-state index contributed by atoms with van der Waals surface area (Å²) in [5.41, 5.74) is 1.36. The predicted molar refractivity (Wildman–Crippen MR) is 69.0 cm³/mol. The first-order valence-corrected chi connectivity index (χ1v) is 6.16. The molecular formula is C12H20ClN3. The molecule has 0 aromatic carbocycles. The maximum absolute atomic E-state index is 5.70. The van der Waals surface area contributed by atoms with E-state index in [4.69, 9.17) is 11.6 Å². The molecule has 0 aliphatic carbocycles. The van der Waals surface area contributed by atoms with E-state index in [1.165, 1.54) is 0 Å². The lowest BCUT2D eigenvalue weighted by Crippen LogP contribution is -2.23. The largest absolute Gasteiger partial charge is 0.368 e. The molecule has 0 aliphatic rings. The molecular weight excluding hydrogens is 222 g/mol. The highest BCUT2D eigenvalue weighted by Gasteiger charge is 2.17. The standard InChI is InChI=1S/C12H20ClN3/c1-10-7-11(16-15-8-10)14-9-12(2,3)5-4-6-13/h7-8H,4-6,9H2,1-3H3,(H,14,16). The molecule has 4 heteroatoms. The van der Waals surface area contributed by atoms with Gasteiger partial charge < -0.3 is 5.32 Å². The first kappa shape index (κ1) is 13.2. The van der Waals surface area contributed by atoms with Crippen LogP contribution in [0.4, 0.5) is 5.82 Å². The van der Waals surface area contributed by atoms with E-state index in [9.17, 15) is 0 Å². The van der Waals surface area contributed by atoms with Gasteiger partial charge in [-0.25, -0.2) is 0 Å². The van der Waals surface area contributed by atoms with Crippen LogP contribution >= 0.6 is 11.6 Å². The van der Waals surface area contributed by atoms with Gasteiger partial charge in [-0.1, -0.05) is 13.8 Å². The Bertz CT molecular complexity index is 326. The summed E-state index contributed by atoms with van der Waals surface area (Å²) in [6, 6.07) is 2.00. The van der Waals surface area contributed by atoms with Crippen molar-refractivity contribution in [3.63, 3.8) is 0 Å². The van der Waals surface area contributed by atoms with Crippen molar-refractivity contribution in [2.45, 2.75) is 33.6 Å². The zero-order valence-corrected chi connectivity index (χ0v) is 11.0. The lowest BCUT2D eigenvalue weighted by molar-refractivity contribution is 0.355. The van der Waals surface area contributed by atoms with Crippen molar-refractivity contribution in [2.75, 3.05) is 17.7 Å². The third kappa shape index (κ3) is 4.79. The van der Waals surface area contributed by atoms with Crippen molar-refractivity contribution in [1.82, 2.24) is 10.2 Å². The highest BCUT2D eigenvalue weighted by atomic mass is 35.5. The second-order valence-corrected chi connectivity index (χ2v) is 5.31. The number of alkyl halides is 1. The Labute approximate surface area is 103 Å². The minimum Gasteiger partial charge on any atom is -0.368 e. The van der Waals surface area contributed by atoms with Crippen molar-refractivity contribution in [2.24, 2.45) is 5.41 Å². The number of halogens is 1. The van der Waals surface area contributed by atoms with Gasteiger partial charge in [0.15, 0.2) is 0 Å². The van der Waals surface area contributed by atoms with Gasteiger partial charge in [0, 0.05) is 12.4 Å². The lowest BCUT2D eigenvalue weighted by Gasteiger charge is -2.24. The number of nitrogens with zero attached hydrogens (tertiary/aromatic N) is 2. The Balaban J connectivity index is 2.44. The van der Waals surface area contributed by atoms with Crippen LogP contribution in [0.15, 0.2) is 12.3 Å². The smallest absolute Gasteiger partial charge is 0.148 e. The van der Waals surface area contributed by atoms with Crippen LogP contribution in [0, 0.1) is 12.3 Å². The van der Waals surface area contributed by atoms with E-state index < -0.39 is 0 Å².